The van der Waals surface area contributed by atoms with Crippen LogP contribution in [0.1, 0.15) is 49.7 Å². The molecule has 0 saturated carbocycles. The average molecular weight is 552 g/mol. The number of pyridine rings is 1. The molecule has 1 fully saturated rings. The number of hydrogen-bond donors (Lipinski definition) is 3. The molecule has 11 heteroatoms. The number of hydrogen-bond acceptors (Lipinski definition) is 5. The highest BCUT2D eigenvalue weighted by Crippen LogP contribution is 2.37. The number of ether oxygens (including phenoxy) is 1. The number of aromatic amines is 1. The zero-order chi connectivity index (χ0) is 26.7. The van der Waals surface area contributed by atoms with Gasteiger partial charge in [-0.15, -0.1) is 12.4 Å². The van der Waals surface area contributed by atoms with Gasteiger partial charge in [0.1, 0.15) is 12.6 Å². The van der Waals surface area contributed by atoms with Gasteiger partial charge in [0, 0.05) is 16.6 Å². The second kappa shape index (κ2) is 12.0. The van der Waals surface area contributed by atoms with Crippen LogP contribution >= 0.6 is 12.4 Å². The van der Waals surface area contributed by atoms with Crippen LogP contribution in [0, 0.1) is 0 Å². The normalized spacial score (nSPS) is 18.1. The average Bonchev–Trinajstić information content (AvgIpc) is 3.25. The first kappa shape index (κ1) is 29.2. The second-order valence-electron chi connectivity index (χ2n) is 9.27. The Hall–Kier alpha value is -3.37. The first-order valence-electron chi connectivity index (χ1n) is 12.1. The number of amides is 1. The summed E-state index contributed by atoms with van der Waals surface area (Å²) in [5, 5.41) is 3.51. The summed E-state index contributed by atoms with van der Waals surface area (Å²) in [6, 6.07) is 10.3. The van der Waals surface area contributed by atoms with Gasteiger partial charge in [0.2, 0.25) is 5.91 Å². The van der Waals surface area contributed by atoms with Crippen molar-refractivity contribution in [1.82, 2.24) is 10.3 Å². The molecule has 7 nitrogen and oxygen atoms in total. The number of alkyl halides is 3. The number of rotatable bonds is 8. The zero-order valence-corrected chi connectivity index (χ0v) is 21.5. The number of halogens is 4. The van der Waals surface area contributed by atoms with Crippen LogP contribution in [0.15, 0.2) is 53.3 Å². The van der Waals surface area contributed by atoms with Crippen molar-refractivity contribution in [3.63, 3.8) is 0 Å². The lowest BCUT2D eigenvalue weighted by Crippen LogP contribution is -2.36. The fraction of sp³-hybridized carbons (Fsp3) is 0.370. The Kier molecular flexibility index (Phi) is 9.22. The lowest BCUT2D eigenvalue weighted by molar-refractivity contribution is -0.146. The van der Waals surface area contributed by atoms with Crippen LogP contribution in [0.25, 0.3) is 22.0 Å². The van der Waals surface area contributed by atoms with Gasteiger partial charge in [-0.25, -0.2) is 0 Å². The van der Waals surface area contributed by atoms with E-state index >= 15 is 0 Å². The predicted molar refractivity (Wildman–Crippen MR) is 140 cm³/mol. The van der Waals surface area contributed by atoms with Crippen molar-refractivity contribution in [2.75, 3.05) is 6.61 Å². The number of esters is 1. The van der Waals surface area contributed by atoms with Crippen molar-refractivity contribution in [3.8, 4) is 11.3 Å². The Bertz CT molecular complexity index is 1380. The molecule has 1 aliphatic heterocycles. The lowest BCUT2D eigenvalue weighted by atomic mass is 9.93. The van der Waals surface area contributed by atoms with Gasteiger partial charge in [0.25, 0.3) is 5.56 Å². The Morgan fingerprint density at radius 1 is 1.16 bits per heavy atom. The monoisotopic (exact) mass is 551 g/mol. The van der Waals surface area contributed by atoms with E-state index in [-0.39, 0.29) is 41.6 Å². The van der Waals surface area contributed by atoms with Gasteiger partial charge in [0.15, 0.2) is 0 Å². The van der Waals surface area contributed by atoms with Gasteiger partial charge < -0.3 is 20.8 Å². The van der Waals surface area contributed by atoms with E-state index in [1.54, 1.807) is 18.2 Å². The third kappa shape index (κ3) is 6.36. The standard InChI is InChI=1S/C27H28F3N3O4.ClH/c1-2-3-8-22(31)26(36)37-14-17-13-20(24(34)32-17)15-9-10-16-12-23(33-25(35)19(16)11-15)18-6-4-5-7-21(18)27(28,29)30;/h4-7,9-12,17,20,22H,2-3,8,13-14,31H2,1H3,(H,32,34)(H,33,35);1H/t17?,20-,22+;/m1./s1. The molecule has 3 aromatic rings. The van der Waals surface area contributed by atoms with E-state index in [2.05, 4.69) is 10.3 Å². The minimum absolute atomic E-state index is 0. The van der Waals surface area contributed by atoms with E-state index in [0.717, 1.165) is 18.9 Å². The molecule has 2 heterocycles. The largest absolute Gasteiger partial charge is 0.462 e. The third-order valence-corrected chi connectivity index (χ3v) is 6.58. The SMILES string of the molecule is CCCC[C@H](N)C(=O)OCC1C[C@H](c2ccc3cc(-c4ccccc4C(F)(F)F)[nH]c(=O)c3c2)C(=O)N1.Cl. The Morgan fingerprint density at radius 3 is 2.61 bits per heavy atom. The summed E-state index contributed by atoms with van der Waals surface area (Å²) in [5.41, 5.74) is 4.94. The fourth-order valence-corrected chi connectivity index (χ4v) is 4.59. The highest BCUT2D eigenvalue weighted by Gasteiger charge is 2.35. The summed E-state index contributed by atoms with van der Waals surface area (Å²) in [7, 11) is 0. The number of unbranched alkanes of at least 4 members (excludes halogenated alkanes) is 1. The van der Waals surface area contributed by atoms with E-state index in [1.165, 1.54) is 24.3 Å². The van der Waals surface area contributed by atoms with Crippen molar-refractivity contribution in [1.29, 1.82) is 0 Å². The summed E-state index contributed by atoms with van der Waals surface area (Å²) in [5.74, 6) is -1.33. The molecule has 2 aromatic carbocycles. The second-order valence-corrected chi connectivity index (χ2v) is 9.27. The topological polar surface area (TPSA) is 114 Å². The Morgan fingerprint density at radius 2 is 1.89 bits per heavy atom. The van der Waals surface area contributed by atoms with Gasteiger partial charge in [0.05, 0.1) is 17.5 Å². The molecule has 1 aliphatic rings. The number of nitrogens with two attached hydrogens (primary N) is 1. The number of benzene rings is 2. The summed E-state index contributed by atoms with van der Waals surface area (Å²) in [4.78, 5) is 40.1. The van der Waals surface area contributed by atoms with Crippen LogP contribution in [-0.4, -0.2) is 35.6 Å². The van der Waals surface area contributed by atoms with Crippen LogP contribution in [0.4, 0.5) is 13.2 Å². The highest BCUT2D eigenvalue weighted by molar-refractivity contribution is 5.90. The summed E-state index contributed by atoms with van der Waals surface area (Å²) < 4.78 is 45.7. The Labute approximate surface area is 223 Å². The summed E-state index contributed by atoms with van der Waals surface area (Å²) in [6.45, 7) is 2.00. The van der Waals surface area contributed by atoms with Crippen LogP contribution in [0.2, 0.25) is 0 Å². The van der Waals surface area contributed by atoms with Gasteiger partial charge in [-0.3, -0.25) is 14.4 Å². The zero-order valence-electron chi connectivity index (χ0n) is 20.6. The maximum Gasteiger partial charge on any atom is 0.417 e. The quantitative estimate of drug-likeness (QED) is 0.352. The molecule has 1 aromatic heterocycles. The number of nitrogens with one attached hydrogen (secondary N) is 2. The molecule has 0 bridgehead atoms. The van der Waals surface area contributed by atoms with Crippen molar-refractivity contribution < 1.29 is 27.5 Å². The number of fused-ring (bicyclic) bond motifs is 1. The Balaban J connectivity index is 0.00000400. The van der Waals surface area contributed by atoms with E-state index in [9.17, 15) is 27.6 Å². The van der Waals surface area contributed by atoms with Crippen LogP contribution < -0.4 is 16.6 Å². The molecule has 4 rings (SSSR count). The molecule has 1 amide bonds. The first-order chi connectivity index (χ1) is 17.6. The minimum atomic E-state index is -4.58. The molecule has 0 radical (unpaired) electrons. The number of H-pyrrole nitrogens is 1. The molecule has 204 valence electrons. The van der Waals surface area contributed by atoms with E-state index < -0.39 is 41.3 Å². The number of carbonyl (C=O) groups excluding carboxylic acids is 2. The number of aromatic nitrogens is 1. The minimum Gasteiger partial charge on any atom is -0.462 e. The third-order valence-electron chi connectivity index (χ3n) is 6.58. The lowest BCUT2D eigenvalue weighted by Gasteiger charge is -2.14. The molecular weight excluding hydrogens is 523 g/mol. The first-order valence-corrected chi connectivity index (χ1v) is 12.1. The predicted octanol–water partition coefficient (Wildman–Crippen LogP) is 4.67. The molecule has 3 atom stereocenters. The maximum atomic E-state index is 13.5. The molecule has 0 spiro atoms. The van der Waals surface area contributed by atoms with Gasteiger partial charge in [-0.05, 0) is 42.0 Å². The molecule has 4 N–H and O–H groups in total. The fourth-order valence-electron chi connectivity index (χ4n) is 4.59. The molecule has 1 saturated heterocycles. The summed E-state index contributed by atoms with van der Waals surface area (Å²) >= 11 is 0. The van der Waals surface area contributed by atoms with Crippen LogP contribution in [0.3, 0.4) is 0 Å². The van der Waals surface area contributed by atoms with Crippen molar-refractivity contribution in [2.45, 2.75) is 56.8 Å². The highest BCUT2D eigenvalue weighted by atomic mass is 35.5. The molecule has 1 unspecified atom stereocenters. The smallest absolute Gasteiger partial charge is 0.417 e. The van der Waals surface area contributed by atoms with Gasteiger partial charge in [-0.2, -0.15) is 13.2 Å². The molecule has 0 aliphatic carbocycles. The van der Waals surface area contributed by atoms with Crippen LogP contribution in [0.5, 0.6) is 0 Å². The van der Waals surface area contributed by atoms with Crippen molar-refractivity contribution in [3.05, 3.63) is 70.0 Å². The van der Waals surface area contributed by atoms with Crippen molar-refractivity contribution in [2.24, 2.45) is 5.73 Å². The van der Waals surface area contributed by atoms with Gasteiger partial charge >= 0.3 is 12.1 Å². The van der Waals surface area contributed by atoms with E-state index in [0.29, 0.717) is 23.8 Å². The molecular formula is C27H29ClF3N3O4. The maximum absolute atomic E-state index is 13.5. The molecule has 38 heavy (non-hydrogen) atoms. The van der Waals surface area contributed by atoms with E-state index in [1.807, 2.05) is 6.92 Å². The van der Waals surface area contributed by atoms with Crippen LogP contribution in [-0.2, 0) is 20.5 Å². The van der Waals surface area contributed by atoms with Crippen molar-refractivity contribution >= 4 is 35.1 Å². The van der Waals surface area contributed by atoms with Gasteiger partial charge in [-0.1, -0.05) is 50.1 Å². The number of carbonyl (C=O) groups is 2. The van der Waals surface area contributed by atoms with E-state index in [4.69, 9.17) is 10.5 Å². The summed E-state index contributed by atoms with van der Waals surface area (Å²) in [6.07, 6.45) is -1.96.